The molecular weight excluding hydrogens is 416 g/mol. The number of carbonyl (C=O) groups excluding carboxylic acids is 3. The summed E-state index contributed by atoms with van der Waals surface area (Å²) >= 11 is 0. The van der Waals surface area contributed by atoms with E-state index in [0.717, 1.165) is 23.2 Å². The Morgan fingerprint density at radius 1 is 1.06 bits per heavy atom. The Balaban J connectivity index is 1.68. The van der Waals surface area contributed by atoms with Gasteiger partial charge in [0.05, 0.1) is 11.4 Å². The molecular formula is C26H30N4O3. The molecule has 1 saturated carbocycles. The molecule has 4 rings (SSSR count). The summed E-state index contributed by atoms with van der Waals surface area (Å²) in [6.45, 7) is 4.52. The van der Waals surface area contributed by atoms with E-state index in [0.29, 0.717) is 25.1 Å². The van der Waals surface area contributed by atoms with Crippen LogP contribution in [0, 0.1) is 11.3 Å². The van der Waals surface area contributed by atoms with Crippen molar-refractivity contribution in [3.8, 4) is 0 Å². The van der Waals surface area contributed by atoms with Crippen LogP contribution in [-0.4, -0.2) is 43.2 Å². The molecule has 1 heterocycles. The maximum Gasteiger partial charge on any atom is 0.272 e. The lowest BCUT2D eigenvalue weighted by molar-refractivity contribution is -0.151. The van der Waals surface area contributed by atoms with Gasteiger partial charge in [0, 0.05) is 24.7 Å². The molecule has 2 aromatic rings. The average molecular weight is 447 g/mol. The minimum atomic E-state index is -1.14. The number of amides is 3. The van der Waals surface area contributed by atoms with E-state index >= 15 is 0 Å². The van der Waals surface area contributed by atoms with Crippen LogP contribution in [0.3, 0.4) is 0 Å². The number of aliphatic imine (C=N–C) groups is 1. The zero-order valence-electron chi connectivity index (χ0n) is 19.3. The van der Waals surface area contributed by atoms with Gasteiger partial charge < -0.3 is 15.5 Å². The molecule has 0 bridgehead atoms. The monoisotopic (exact) mass is 446 g/mol. The highest BCUT2D eigenvalue weighted by molar-refractivity contribution is 6.20. The van der Waals surface area contributed by atoms with Gasteiger partial charge in [-0.05, 0) is 24.8 Å². The summed E-state index contributed by atoms with van der Waals surface area (Å²) in [6.07, 6.45) is 0.607. The molecule has 0 saturated heterocycles. The first-order valence-electron chi connectivity index (χ1n) is 11.4. The van der Waals surface area contributed by atoms with Crippen molar-refractivity contribution in [2.45, 2.75) is 39.3 Å². The molecule has 2 aliphatic rings. The van der Waals surface area contributed by atoms with Gasteiger partial charge in [0.25, 0.3) is 5.91 Å². The van der Waals surface area contributed by atoms with Crippen LogP contribution in [0.5, 0.6) is 0 Å². The highest BCUT2D eigenvalue weighted by Gasteiger charge is 2.51. The lowest BCUT2D eigenvalue weighted by atomic mass is 9.67. The smallest absolute Gasteiger partial charge is 0.272 e. The molecule has 7 heteroatoms. The first kappa shape index (κ1) is 22.7. The number of benzene rings is 2. The van der Waals surface area contributed by atoms with Gasteiger partial charge in [0.2, 0.25) is 18.0 Å². The fourth-order valence-corrected chi connectivity index (χ4v) is 4.26. The van der Waals surface area contributed by atoms with Gasteiger partial charge in [-0.3, -0.25) is 14.4 Å². The molecule has 0 spiro atoms. The van der Waals surface area contributed by atoms with E-state index in [4.69, 9.17) is 4.99 Å². The summed E-state index contributed by atoms with van der Waals surface area (Å²) in [5, 5.41) is 5.70. The Morgan fingerprint density at radius 2 is 1.73 bits per heavy atom. The molecule has 1 atom stereocenters. The molecule has 1 aliphatic heterocycles. The second-order valence-electron chi connectivity index (χ2n) is 9.17. The van der Waals surface area contributed by atoms with E-state index in [1.807, 2.05) is 68.4 Å². The molecule has 1 aliphatic carbocycles. The van der Waals surface area contributed by atoms with Crippen molar-refractivity contribution < 1.29 is 14.4 Å². The Morgan fingerprint density at radius 3 is 2.36 bits per heavy atom. The molecule has 172 valence electrons. The summed E-state index contributed by atoms with van der Waals surface area (Å²) in [4.78, 5) is 45.9. The first-order chi connectivity index (χ1) is 15.8. The van der Waals surface area contributed by atoms with Crippen molar-refractivity contribution in [3.63, 3.8) is 0 Å². The minimum Gasteiger partial charge on any atom is -0.355 e. The van der Waals surface area contributed by atoms with Gasteiger partial charge in [-0.1, -0.05) is 68.8 Å². The van der Waals surface area contributed by atoms with Crippen molar-refractivity contribution in [1.29, 1.82) is 0 Å². The Kier molecular flexibility index (Phi) is 6.31. The fraction of sp³-hybridized carbons (Fsp3) is 0.385. The number of benzodiazepines with no additional fused rings is 1. The standard InChI is InChI=1S/C26H30N4O3/c1-17(2)16-27-24(32)26(14-9-15-26)25(33)29-22-23(31)30(3)20-13-8-7-12-19(20)21(28-22)18-10-5-4-6-11-18/h4-8,10-13,17,22H,9,14-16H2,1-3H3,(H,27,32)(H,29,33)/t22-/m1/s1. The van der Waals surface area contributed by atoms with Gasteiger partial charge >= 0.3 is 0 Å². The third-order valence-electron chi connectivity index (χ3n) is 6.41. The summed E-state index contributed by atoms with van der Waals surface area (Å²) in [6, 6.07) is 17.1. The zero-order valence-corrected chi connectivity index (χ0v) is 19.3. The molecule has 33 heavy (non-hydrogen) atoms. The number of anilines is 1. The number of fused-ring (bicyclic) bond motifs is 1. The van der Waals surface area contributed by atoms with Crippen molar-refractivity contribution in [2.24, 2.45) is 16.3 Å². The van der Waals surface area contributed by atoms with Crippen LogP contribution >= 0.6 is 0 Å². The lowest BCUT2D eigenvalue weighted by Crippen LogP contribution is -2.59. The van der Waals surface area contributed by atoms with Crippen LogP contribution in [0.4, 0.5) is 5.69 Å². The average Bonchev–Trinajstić information content (AvgIpc) is 2.88. The maximum absolute atomic E-state index is 13.4. The highest BCUT2D eigenvalue weighted by atomic mass is 16.2. The summed E-state index contributed by atoms with van der Waals surface area (Å²) in [5.41, 5.74) is 1.86. The van der Waals surface area contributed by atoms with Crippen LogP contribution in [0.2, 0.25) is 0 Å². The molecule has 0 aromatic heterocycles. The number of rotatable bonds is 6. The highest BCUT2D eigenvalue weighted by Crippen LogP contribution is 2.41. The van der Waals surface area contributed by atoms with Crippen LogP contribution in [0.15, 0.2) is 59.6 Å². The summed E-state index contributed by atoms with van der Waals surface area (Å²) < 4.78 is 0. The van der Waals surface area contributed by atoms with E-state index in [2.05, 4.69) is 10.6 Å². The van der Waals surface area contributed by atoms with E-state index in [9.17, 15) is 14.4 Å². The summed E-state index contributed by atoms with van der Waals surface area (Å²) in [5.74, 6) is -0.782. The van der Waals surface area contributed by atoms with Gasteiger partial charge in [-0.2, -0.15) is 0 Å². The van der Waals surface area contributed by atoms with Gasteiger partial charge in [-0.25, -0.2) is 4.99 Å². The predicted octanol–water partition coefficient (Wildman–Crippen LogP) is 2.89. The van der Waals surface area contributed by atoms with Gasteiger partial charge in [-0.15, -0.1) is 0 Å². The van der Waals surface area contributed by atoms with Crippen molar-refractivity contribution >= 4 is 29.1 Å². The van der Waals surface area contributed by atoms with Crippen LogP contribution in [-0.2, 0) is 14.4 Å². The van der Waals surface area contributed by atoms with E-state index < -0.39 is 17.5 Å². The second-order valence-corrected chi connectivity index (χ2v) is 9.17. The molecule has 0 unspecified atom stereocenters. The number of para-hydroxylation sites is 1. The predicted molar refractivity (Wildman–Crippen MR) is 128 cm³/mol. The largest absolute Gasteiger partial charge is 0.355 e. The number of likely N-dealkylation sites (N-methyl/N-ethyl adjacent to an activating group) is 1. The minimum absolute atomic E-state index is 0.273. The van der Waals surface area contributed by atoms with Gasteiger partial charge in [0.1, 0.15) is 5.41 Å². The molecule has 7 nitrogen and oxygen atoms in total. The van der Waals surface area contributed by atoms with E-state index in [-0.39, 0.29) is 17.7 Å². The second kappa shape index (κ2) is 9.17. The van der Waals surface area contributed by atoms with Crippen LogP contribution in [0.25, 0.3) is 0 Å². The summed E-state index contributed by atoms with van der Waals surface area (Å²) in [7, 11) is 1.68. The van der Waals surface area contributed by atoms with Crippen LogP contribution < -0.4 is 15.5 Å². The van der Waals surface area contributed by atoms with Crippen LogP contribution in [0.1, 0.15) is 44.2 Å². The number of hydrogen-bond donors (Lipinski definition) is 2. The molecule has 2 N–H and O–H groups in total. The molecule has 0 radical (unpaired) electrons. The third-order valence-corrected chi connectivity index (χ3v) is 6.41. The van der Waals surface area contributed by atoms with Crippen molar-refractivity contribution in [3.05, 3.63) is 65.7 Å². The molecule has 3 amide bonds. The normalized spacial score (nSPS) is 19.2. The number of hydrogen-bond acceptors (Lipinski definition) is 4. The van der Waals surface area contributed by atoms with Gasteiger partial charge in [0.15, 0.2) is 0 Å². The molecule has 2 aromatic carbocycles. The van der Waals surface area contributed by atoms with E-state index in [1.165, 1.54) is 4.90 Å². The number of carbonyl (C=O) groups is 3. The first-order valence-corrected chi connectivity index (χ1v) is 11.4. The Labute approximate surface area is 194 Å². The fourth-order valence-electron chi connectivity index (χ4n) is 4.26. The zero-order chi connectivity index (χ0) is 23.6. The number of nitrogens with one attached hydrogen (secondary N) is 2. The quantitative estimate of drug-likeness (QED) is 0.669. The Hall–Kier alpha value is -3.48. The lowest BCUT2D eigenvalue weighted by Gasteiger charge is -2.39. The topological polar surface area (TPSA) is 90.9 Å². The van der Waals surface area contributed by atoms with E-state index in [1.54, 1.807) is 7.05 Å². The SMILES string of the molecule is CC(C)CNC(=O)C1(C(=O)N[C@H]2N=C(c3ccccc3)c3ccccc3N(C)C2=O)CCC1. The number of nitrogens with zero attached hydrogens (tertiary/aromatic N) is 2. The van der Waals surface area contributed by atoms with Crippen molar-refractivity contribution in [1.82, 2.24) is 10.6 Å². The molecule has 1 fully saturated rings. The van der Waals surface area contributed by atoms with Crippen molar-refractivity contribution in [2.75, 3.05) is 18.5 Å². The maximum atomic E-state index is 13.4. The Bertz CT molecular complexity index is 1090. The third kappa shape index (κ3) is 4.27.